The Kier molecular flexibility index (Phi) is 8.29. The van der Waals surface area contributed by atoms with Gasteiger partial charge in [0.05, 0.1) is 13.0 Å². The van der Waals surface area contributed by atoms with Crippen LogP contribution in [0.4, 0.5) is 0 Å². The lowest BCUT2D eigenvalue weighted by molar-refractivity contribution is -0.146. The van der Waals surface area contributed by atoms with E-state index in [9.17, 15) is 14.7 Å². The molecule has 4 heteroatoms. The van der Waals surface area contributed by atoms with Crippen molar-refractivity contribution in [1.82, 2.24) is 0 Å². The summed E-state index contributed by atoms with van der Waals surface area (Å²) in [5.74, 6) is -0.540. The second kappa shape index (κ2) is 9.13. The van der Waals surface area contributed by atoms with Crippen molar-refractivity contribution in [2.45, 2.75) is 40.5 Å². The fourth-order valence-corrected chi connectivity index (χ4v) is 1.75. The van der Waals surface area contributed by atoms with Crippen LogP contribution in [-0.2, 0) is 20.7 Å². The van der Waals surface area contributed by atoms with Gasteiger partial charge >= 0.3 is 5.97 Å². The minimum atomic E-state index is -0.367. The molecule has 1 atom stereocenters. The first-order valence-corrected chi connectivity index (χ1v) is 6.47. The van der Waals surface area contributed by atoms with Crippen LogP contribution in [0.1, 0.15) is 39.7 Å². The van der Waals surface area contributed by atoms with E-state index in [0.717, 1.165) is 12.0 Å². The number of rotatable bonds is 7. The monoisotopic (exact) mass is 280 g/mol. The Bertz CT molecular complexity index is 423. The summed E-state index contributed by atoms with van der Waals surface area (Å²) < 4.78 is 5.00. The Labute approximate surface area is 120 Å². The van der Waals surface area contributed by atoms with Crippen LogP contribution >= 0.6 is 0 Å². The van der Waals surface area contributed by atoms with Crippen molar-refractivity contribution < 1.29 is 19.4 Å². The first kappa shape index (κ1) is 18.2. The predicted molar refractivity (Wildman–Crippen MR) is 78.6 cm³/mol. The third-order valence-corrected chi connectivity index (χ3v) is 2.87. The van der Waals surface area contributed by atoms with Crippen LogP contribution in [0.25, 0.3) is 0 Å². The number of hydrogen-bond donors (Lipinski definition) is 1. The van der Waals surface area contributed by atoms with E-state index in [0.29, 0.717) is 13.0 Å². The minimum absolute atomic E-state index is 0. The molecule has 0 radical (unpaired) electrons. The molecule has 1 aromatic rings. The van der Waals surface area contributed by atoms with Gasteiger partial charge in [-0.2, -0.15) is 0 Å². The molecular weight excluding hydrogens is 256 g/mol. The second-order valence-corrected chi connectivity index (χ2v) is 4.60. The lowest BCUT2D eigenvalue weighted by Gasteiger charge is -2.13. The summed E-state index contributed by atoms with van der Waals surface area (Å²) in [6.07, 6.45) is 1.36. The first-order valence-electron chi connectivity index (χ1n) is 6.47. The van der Waals surface area contributed by atoms with Crippen molar-refractivity contribution in [2.24, 2.45) is 5.92 Å². The molecule has 20 heavy (non-hydrogen) atoms. The molecule has 0 heterocycles. The maximum Gasteiger partial charge on any atom is 0.306 e. The average molecular weight is 280 g/mol. The number of aromatic hydroxyl groups is 1. The molecule has 1 N–H and O–H groups in total. The van der Waals surface area contributed by atoms with E-state index in [4.69, 9.17) is 4.74 Å². The van der Waals surface area contributed by atoms with E-state index >= 15 is 0 Å². The summed E-state index contributed by atoms with van der Waals surface area (Å²) in [5, 5.41) is 9.20. The fourth-order valence-electron chi connectivity index (χ4n) is 1.75. The van der Waals surface area contributed by atoms with Gasteiger partial charge in [0.2, 0.25) is 0 Å². The number of Topliss-reactive ketones (excluding diaryl/α,β-unsaturated/α-hetero) is 1. The molecule has 1 rings (SSSR count). The van der Waals surface area contributed by atoms with Crippen LogP contribution in [0.2, 0.25) is 0 Å². The Hall–Kier alpha value is -1.84. The maximum atomic E-state index is 11.6. The zero-order chi connectivity index (χ0) is 14.3. The molecule has 0 aliphatic heterocycles. The summed E-state index contributed by atoms with van der Waals surface area (Å²) in [6.45, 7) is 3.80. The average Bonchev–Trinajstić information content (AvgIpc) is 2.38. The molecule has 0 aliphatic rings. The smallest absolute Gasteiger partial charge is 0.306 e. The van der Waals surface area contributed by atoms with Crippen molar-refractivity contribution in [1.29, 1.82) is 0 Å². The quantitative estimate of drug-likeness (QED) is 0.779. The van der Waals surface area contributed by atoms with E-state index in [-0.39, 0.29) is 37.3 Å². The number of benzene rings is 1. The Morgan fingerprint density at radius 3 is 2.35 bits per heavy atom. The number of esters is 1. The summed E-state index contributed by atoms with van der Waals surface area (Å²) >= 11 is 0. The van der Waals surface area contributed by atoms with Gasteiger partial charge in [-0.15, -0.1) is 0 Å². The van der Waals surface area contributed by atoms with E-state index in [2.05, 4.69) is 0 Å². The largest absolute Gasteiger partial charge is 0.508 e. The highest BCUT2D eigenvalue weighted by Crippen LogP contribution is 2.17. The van der Waals surface area contributed by atoms with E-state index < -0.39 is 0 Å². The van der Waals surface area contributed by atoms with E-state index in [1.54, 1.807) is 24.3 Å². The van der Waals surface area contributed by atoms with Gasteiger partial charge in [0, 0.05) is 5.92 Å². The third kappa shape index (κ3) is 6.36. The Morgan fingerprint density at radius 2 is 1.85 bits per heavy atom. The number of phenolic OH excluding ortho intramolecular Hbond substituents is 1. The van der Waals surface area contributed by atoms with Gasteiger partial charge in [-0.05, 0) is 37.5 Å². The van der Waals surface area contributed by atoms with E-state index in [1.165, 1.54) is 6.92 Å². The van der Waals surface area contributed by atoms with E-state index in [1.807, 2.05) is 6.92 Å². The minimum Gasteiger partial charge on any atom is -0.508 e. The van der Waals surface area contributed by atoms with Gasteiger partial charge < -0.3 is 9.84 Å². The van der Waals surface area contributed by atoms with Gasteiger partial charge in [-0.3, -0.25) is 9.59 Å². The standard InChI is InChI=1S/C15H20O4.CH4/c1-3-8-19-15(18)10-13(11(2)16)9-12-4-6-14(17)7-5-12;/h4-7,13,17H,3,8-10H2,1-2H3;1H4. The molecule has 0 saturated heterocycles. The van der Waals surface area contributed by atoms with Crippen molar-refractivity contribution in [2.75, 3.05) is 6.61 Å². The first-order chi connectivity index (χ1) is 9.02. The van der Waals surface area contributed by atoms with Crippen LogP contribution in [0.5, 0.6) is 5.75 Å². The highest BCUT2D eigenvalue weighted by atomic mass is 16.5. The number of carbonyl (C=O) groups excluding carboxylic acids is 2. The molecule has 0 spiro atoms. The van der Waals surface area contributed by atoms with Crippen LogP contribution < -0.4 is 0 Å². The molecule has 0 aliphatic carbocycles. The van der Waals surface area contributed by atoms with Crippen LogP contribution in [0.3, 0.4) is 0 Å². The molecule has 1 aromatic carbocycles. The number of ether oxygens (including phenoxy) is 1. The van der Waals surface area contributed by atoms with Gasteiger partial charge in [-0.1, -0.05) is 26.5 Å². The van der Waals surface area contributed by atoms with Crippen molar-refractivity contribution in [3.63, 3.8) is 0 Å². The molecule has 112 valence electrons. The Morgan fingerprint density at radius 1 is 1.25 bits per heavy atom. The zero-order valence-corrected chi connectivity index (χ0v) is 11.4. The SMILES string of the molecule is C.CCCOC(=O)CC(Cc1ccc(O)cc1)C(C)=O. The normalized spacial score (nSPS) is 11.3. The van der Waals surface area contributed by atoms with Crippen LogP contribution in [-0.4, -0.2) is 23.5 Å². The van der Waals surface area contributed by atoms with Crippen molar-refractivity contribution >= 4 is 11.8 Å². The highest BCUT2D eigenvalue weighted by Gasteiger charge is 2.19. The van der Waals surface area contributed by atoms with Gasteiger partial charge in [-0.25, -0.2) is 0 Å². The zero-order valence-electron chi connectivity index (χ0n) is 11.4. The molecule has 0 saturated carbocycles. The molecule has 4 nitrogen and oxygen atoms in total. The van der Waals surface area contributed by atoms with Crippen molar-refractivity contribution in [3.05, 3.63) is 29.8 Å². The molecule has 0 amide bonds. The summed E-state index contributed by atoms with van der Waals surface area (Å²) in [6, 6.07) is 6.65. The maximum absolute atomic E-state index is 11.6. The second-order valence-electron chi connectivity index (χ2n) is 4.60. The van der Waals surface area contributed by atoms with Gasteiger partial charge in [0.25, 0.3) is 0 Å². The molecule has 0 aromatic heterocycles. The third-order valence-electron chi connectivity index (χ3n) is 2.87. The number of phenols is 1. The number of carbonyl (C=O) groups is 2. The van der Waals surface area contributed by atoms with Crippen molar-refractivity contribution in [3.8, 4) is 5.75 Å². The summed E-state index contributed by atoms with van der Waals surface area (Å²) in [5.41, 5.74) is 0.918. The molecule has 0 fully saturated rings. The summed E-state index contributed by atoms with van der Waals surface area (Å²) in [4.78, 5) is 23.1. The molecular formula is C16H24O4. The number of hydrogen-bond acceptors (Lipinski definition) is 4. The molecule has 1 unspecified atom stereocenters. The fraction of sp³-hybridized carbons (Fsp3) is 0.500. The number of ketones is 1. The summed E-state index contributed by atoms with van der Waals surface area (Å²) in [7, 11) is 0. The predicted octanol–water partition coefficient (Wildman–Crippen LogP) is 3.12. The van der Waals surface area contributed by atoms with Gasteiger partial charge in [0.1, 0.15) is 11.5 Å². The molecule has 0 bridgehead atoms. The lowest BCUT2D eigenvalue weighted by atomic mass is 9.93. The topological polar surface area (TPSA) is 63.6 Å². The lowest BCUT2D eigenvalue weighted by Crippen LogP contribution is -2.20. The van der Waals surface area contributed by atoms with Crippen LogP contribution in [0, 0.1) is 5.92 Å². The Balaban J connectivity index is 0.00000361. The van der Waals surface area contributed by atoms with Crippen LogP contribution in [0.15, 0.2) is 24.3 Å². The highest BCUT2D eigenvalue weighted by molar-refractivity contribution is 5.83. The van der Waals surface area contributed by atoms with Gasteiger partial charge in [0.15, 0.2) is 0 Å².